The maximum atomic E-state index is 13.5. The van der Waals surface area contributed by atoms with Crippen molar-refractivity contribution in [3.8, 4) is 0 Å². The second kappa shape index (κ2) is 12.0. The summed E-state index contributed by atoms with van der Waals surface area (Å²) in [5.41, 5.74) is 5.76. The van der Waals surface area contributed by atoms with Crippen molar-refractivity contribution in [2.45, 2.75) is 51.6 Å². The van der Waals surface area contributed by atoms with E-state index in [0.717, 1.165) is 55.5 Å². The number of likely N-dealkylation sites (tertiary alicyclic amines) is 1. The van der Waals surface area contributed by atoms with Crippen molar-refractivity contribution >= 4 is 18.3 Å². The van der Waals surface area contributed by atoms with E-state index in [-0.39, 0.29) is 24.4 Å². The lowest BCUT2D eigenvalue weighted by Crippen LogP contribution is -2.52. The number of carbonyl (C=O) groups excluding carboxylic acids is 1. The number of benzene rings is 3. The molecule has 0 spiro atoms. The predicted molar refractivity (Wildman–Crippen MR) is 139 cm³/mol. The summed E-state index contributed by atoms with van der Waals surface area (Å²) in [4.78, 5) is 15.6. The van der Waals surface area contributed by atoms with E-state index in [0.29, 0.717) is 6.04 Å². The lowest BCUT2D eigenvalue weighted by atomic mass is 9.91. The monoisotopic (exact) mass is 462 g/mol. The molecule has 3 aromatic rings. The molecule has 2 atom stereocenters. The first kappa shape index (κ1) is 25.0. The van der Waals surface area contributed by atoms with E-state index in [9.17, 15) is 4.79 Å². The second-order valence-corrected chi connectivity index (χ2v) is 9.13. The molecule has 1 aliphatic heterocycles. The van der Waals surface area contributed by atoms with E-state index in [1.54, 1.807) is 0 Å². The maximum Gasteiger partial charge on any atom is 0.254 e. The summed E-state index contributed by atoms with van der Waals surface area (Å²) in [7, 11) is 0. The normalized spacial score (nSPS) is 17.9. The smallest absolute Gasteiger partial charge is 0.254 e. The van der Waals surface area contributed by atoms with Gasteiger partial charge in [-0.2, -0.15) is 0 Å². The summed E-state index contributed by atoms with van der Waals surface area (Å²) >= 11 is 0. The highest BCUT2D eigenvalue weighted by Crippen LogP contribution is 2.24. The standard InChI is InChI=1S/C29H34N2O.ClH/c1-22-17-23(2)19-26(18-22)29(32)31-16-14-27(30-15-13-24-9-5-3-6-10-24)21-28(31)20-25-11-7-4-8-12-25;/h3-12,17-19,27-28,30H,13-16,20-21H2,1-2H3;1H/t27-,28-;/m0./s1. The molecule has 33 heavy (non-hydrogen) atoms. The number of hydrogen-bond donors (Lipinski definition) is 1. The Morgan fingerprint density at radius 2 is 1.52 bits per heavy atom. The highest BCUT2D eigenvalue weighted by molar-refractivity contribution is 5.95. The fourth-order valence-corrected chi connectivity index (χ4v) is 4.91. The third kappa shape index (κ3) is 6.93. The number of amides is 1. The Hall–Kier alpha value is -2.62. The molecule has 1 N–H and O–H groups in total. The molecule has 0 aromatic heterocycles. The fourth-order valence-electron chi connectivity index (χ4n) is 4.91. The van der Waals surface area contributed by atoms with Gasteiger partial charge in [-0.1, -0.05) is 77.9 Å². The Bertz CT molecular complexity index is 1000. The van der Waals surface area contributed by atoms with Crippen LogP contribution in [0.5, 0.6) is 0 Å². The van der Waals surface area contributed by atoms with Gasteiger partial charge in [0, 0.05) is 24.2 Å². The Morgan fingerprint density at radius 1 is 0.909 bits per heavy atom. The molecule has 1 saturated heterocycles. The fraction of sp³-hybridized carbons (Fsp3) is 0.345. The number of rotatable bonds is 7. The predicted octanol–water partition coefficient (Wildman–Crippen LogP) is 5.77. The summed E-state index contributed by atoms with van der Waals surface area (Å²) in [6, 6.07) is 28.0. The molecule has 4 rings (SSSR count). The maximum absolute atomic E-state index is 13.5. The van der Waals surface area contributed by atoms with E-state index in [4.69, 9.17) is 0 Å². The molecule has 1 aliphatic rings. The van der Waals surface area contributed by atoms with Gasteiger partial charge in [0.15, 0.2) is 0 Å². The van der Waals surface area contributed by atoms with Crippen LogP contribution < -0.4 is 5.32 Å². The molecule has 4 heteroatoms. The number of nitrogens with one attached hydrogen (secondary N) is 1. The van der Waals surface area contributed by atoms with Crippen molar-refractivity contribution in [1.29, 1.82) is 0 Å². The molecule has 0 radical (unpaired) electrons. The minimum Gasteiger partial charge on any atom is -0.335 e. The van der Waals surface area contributed by atoms with Gasteiger partial charge in [-0.05, 0) is 69.3 Å². The van der Waals surface area contributed by atoms with Gasteiger partial charge >= 0.3 is 0 Å². The number of halogens is 1. The first-order valence-corrected chi connectivity index (χ1v) is 11.8. The van der Waals surface area contributed by atoms with Crippen molar-refractivity contribution in [3.05, 3.63) is 107 Å². The van der Waals surface area contributed by atoms with Crippen LogP contribution in [0.15, 0.2) is 78.9 Å². The van der Waals surface area contributed by atoms with Gasteiger partial charge in [0.05, 0.1) is 0 Å². The quantitative estimate of drug-likeness (QED) is 0.483. The number of piperidine rings is 1. The van der Waals surface area contributed by atoms with Crippen LogP contribution in [0, 0.1) is 13.8 Å². The molecule has 0 saturated carbocycles. The summed E-state index contributed by atoms with van der Waals surface area (Å²) in [6.07, 6.45) is 3.91. The van der Waals surface area contributed by atoms with Gasteiger partial charge in [-0.3, -0.25) is 4.79 Å². The molecule has 3 aromatic carbocycles. The zero-order valence-electron chi connectivity index (χ0n) is 19.7. The van der Waals surface area contributed by atoms with Gasteiger partial charge in [-0.25, -0.2) is 0 Å². The molecule has 1 heterocycles. The van der Waals surface area contributed by atoms with Crippen LogP contribution in [0.2, 0.25) is 0 Å². The molecule has 0 unspecified atom stereocenters. The second-order valence-electron chi connectivity index (χ2n) is 9.13. The Balaban J connectivity index is 0.00000306. The zero-order chi connectivity index (χ0) is 22.3. The van der Waals surface area contributed by atoms with Crippen molar-refractivity contribution in [3.63, 3.8) is 0 Å². The SMILES string of the molecule is Cc1cc(C)cc(C(=O)N2CC[C@H](NCCc3ccccc3)C[C@@H]2Cc2ccccc2)c1.Cl. The number of nitrogens with zero attached hydrogens (tertiary/aromatic N) is 1. The minimum absolute atomic E-state index is 0. The van der Waals surface area contributed by atoms with Crippen molar-refractivity contribution in [2.75, 3.05) is 13.1 Å². The van der Waals surface area contributed by atoms with Crippen LogP contribution in [0.1, 0.15) is 45.5 Å². The molecule has 3 nitrogen and oxygen atoms in total. The van der Waals surface area contributed by atoms with E-state index >= 15 is 0 Å². The van der Waals surface area contributed by atoms with Crippen LogP contribution in [0.4, 0.5) is 0 Å². The minimum atomic E-state index is 0. The topological polar surface area (TPSA) is 32.3 Å². The first-order valence-electron chi connectivity index (χ1n) is 11.8. The molecular weight excluding hydrogens is 428 g/mol. The van der Waals surface area contributed by atoms with Crippen LogP contribution in [0.3, 0.4) is 0 Å². The molecular formula is C29H35ClN2O. The summed E-state index contributed by atoms with van der Waals surface area (Å²) in [5, 5.41) is 3.77. The van der Waals surface area contributed by atoms with E-state index in [1.165, 1.54) is 11.1 Å². The average molecular weight is 463 g/mol. The first-order chi connectivity index (χ1) is 15.6. The van der Waals surface area contributed by atoms with Gasteiger partial charge < -0.3 is 10.2 Å². The largest absolute Gasteiger partial charge is 0.335 e. The third-order valence-corrected chi connectivity index (χ3v) is 6.45. The van der Waals surface area contributed by atoms with Crippen molar-refractivity contribution in [1.82, 2.24) is 10.2 Å². The van der Waals surface area contributed by atoms with E-state index in [2.05, 4.69) is 90.8 Å². The zero-order valence-corrected chi connectivity index (χ0v) is 20.5. The van der Waals surface area contributed by atoms with Crippen LogP contribution in [-0.4, -0.2) is 36.0 Å². The molecule has 0 bridgehead atoms. The summed E-state index contributed by atoms with van der Waals surface area (Å²) < 4.78 is 0. The highest BCUT2D eigenvalue weighted by atomic mass is 35.5. The Kier molecular flexibility index (Phi) is 9.11. The Morgan fingerprint density at radius 3 is 2.15 bits per heavy atom. The van der Waals surface area contributed by atoms with E-state index in [1.807, 2.05) is 12.1 Å². The number of carbonyl (C=O) groups is 1. The average Bonchev–Trinajstić information content (AvgIpc) is 2.80. The molecule has 0 aliphatic carbocycles. The number of hydrogen-bond acceptors (Lipinski definition) is 2. The van der Waals surface area contributed by atoms with Crippen LogP contribution >= 0.6 is 12.4 Å². The third-order valence-electron chi connectivity index (χ3n) is 6.45. The molecule has 1 fully saturated rings. The van der Waals surface area contributed by atoms with Gasteiger partial charge in [-0.15, -0.1) is 12.4 Å². The van der Waals surface area contributed by atoms with Gasteiger partial charge in [0.25, 0.3) is 5.91 Å². The highest BCUT2D eigenvalue weighted by Gasteiger charge is 2.32. The Labute approximate surface area is 204 Å². The van der Waals surface area contributed by atoms with Crippen LogP contribution in [0.25, 0.3) is 0 Å². The molecule has 174 valence electrons. The van der Waals surface area contributed by atoms with Crippen LogP contribution in [-0.2, 0) is 12.8 Å². The van der Waals surface area contributed by atoms with Crippen molar-refractivity contribution in [2.24, 2.45) is 0 Å². The lowest BCUT2D eigenvalue weighted by molar-refractivity contribution is 0.0577. The van der Waals surface area contributed by atoms with Gasteiger partial charge in [0.2, 0.25) is 0 Å². The molecule has 1 amide bonds. The van der Waals surface area contributed by atoms with Gasteiger partial charge in [0.1, 0.15) is 0 Å². The summed E-state index contributed by atoms with van der Waals surface area (Å²) in [5.74, 6) is 0.167. The number of aryl methyl sites for hydroxylation is 2. The lowest BCUT2D eigenvalue weighted by Gasteiger charge is -2.40. The summed E-state index contributed by atoms with van der Waals surface area (Å²) in [6.45, 7) is 5.90. The van der Waals surface area contributed by atoms with Crippen molar-refractivity contribution < 1.29 is 4.79 Å². The van der Waals surface area contributed by atoms with E-state index < -0.39 is 0 Å².